The fourth-order valence-electron chi connectivity index (χ4n) is 5.16. The highest BCUT2D eigenvalue weighted by Gasteiger charge is 2.27. The molecule has 0 spiro atoms. The van der Waals surface area contributed by atoms with Crippen LogP contribution in [0.2, 0.25) is 0 Å². The molecule has 1 aliphatic carbocycles. The van der Waals surface area contributed by atoms with Crippen LogP contribution in [0.3, 0.4) is 0 Å². The van der Waals surface area contributed by atoms with Gasteiger partial charge in [0.2, 0.25) is 0 Å². The largest absolute Gasteiger partial charge is 0.453 e. The Morgan fingerprint density at radius 2 is 1.31 bits per heavy atom. The number of allylic oxidation sites excluding steroid dienone is 4. The van der Waals surface area contributed by atoms with Crippen molar-refractivity contribution in [1.82, 2.24) is 0 Å². The lowest BCUT2D eigenvalue weighted by Gasteiger charge is -2.33. The first kappa shape index (κ1) is 20.4. The van der Waals surface area contributed by atoms with E-state index in [9.17, 15) is 9.59 Å². The number of ketones is 2. The van der Waals surface area contributed by atoms with Gasteiger partial charge in [0.1, 0.15) is 0 Å². The van der Waals surface area contributed by atoms with Gasteiger partial charge in [0, 0.05) is 11.3 Å². The van der Waals surface area contributed by atoms with Gasteiger partial charge in [-0.3, -0.25) is 9.59 Å². The van der Waals surface area contributed by atoms with Gasteiger partial charge in [-0.2, -0.15) is 0 Å². The topological polar surface area (TPSA) is 46.6 Å². The first-order valence-electron chi connectivity index (χ1n) is 11.8. The van der Waals surface area contributed by atoms with E-state index in [2.05, 4.69) is 29.2 Å². The first-order valence-corrected chi connectivity index (χ1v) is 11.8. The van der Waals surface area contributed by atoms with E-state index in [0.29, 0.717) is 5.57 Å². The molecule has 4 heteroatoms. The summed E-state index contributed by atoms with van der Waals surface area (Å²) >= 11 is 0. The molecular weight excluding hydrogens is 446 g/mol. The number of ether oxygens (including phenoxy) is 1. The number of fused-ring (bicyclic) bond motifs is 5. The van der Waals surface area contributed by atoms with Crippen LogP contribution in [0.25, 0.3) is 27.1 Å². The molecule has 0 bridgehead atoms. The van der Waals surface area contributed by atoms with Gasteiger partial charge in [-0.15, -0.1) is 0 Å². The molecule has 36 heavy (non-hydrogen) atoms. The van der Waals surface area contributed by atoms with Crippen LogP contribution in [-0.2, 0) is 9.59 Å². The minimum absolute atomic E-state index is 0.177. The third-order valence-electron chi connectivity index (χ3n) is 6.78. The maximum absolute atomic E-state index is 13.0. The normalized spacial score (nSPS) is 14.4. The zero-order valence-electron chi connectivity index (χ0n) is 19.1. The van der Waals surface area contributed by atoms with E-state index in [0.717, 1.165) is 55.7 Å². The third kappa shape index (κ3) is 3.08. The van der Waals surface area contributed by atoms with Crippen LogP contribution in [0.4, 0.5) is 17.1 Å². The van der Waals surface area contributed by atoms with Crippen molar-refractivity contribution in [2.75, 3.05) is 4.90 Å². The SMILES string of the molecule is O=C1C=CC(=O)C(c2cc(N3c4ccccc4Oc4ccccc43)cc3c2ccc2ccccc23)=C1. The van der Waals surface area contributed by atoms with Crippen molar-refractivity contribution in [3.8, 4) is 11.5 Å². The standard InChI is InChI=1S/C32H19NO3/c34-22-14-16-30(35)27(19-22)26-18-21(17-25-23-8-2-1-7-20(23)13-15-24(25)26)33-28-9-3-5-11-31(28)36-32-12-6-4-10-29(32)33/h1-19H. The monoisotopic (exact) mass is 465 g/mol. The smallest absolute Gasteiger partial charge is 0.186 e. The highest BCUT2D eigenvalue weighted by molar-refractivity contribution is 6.36. The van der Waals surface area contributed by atoms with E-state index in [1.165, 1.54) is 18.2 Å². The Hall–Kier alpha value is -4.96. The maximum atomic E-state index is 13.0. The lowest BCUT2D eigenvalue weighted by Crippen LogP contribution is -2.16. The van der Waals surface area contributed by atoms with E-state index in [-0.39, 0.29) is 11.6 Å². The number of rotatable bonds is 2. The lowest BCUT2D eigenvalue weighted by molar-refractivity contribution is -0.113. The van der Waals surface area contributed by atoms with Gasteiger partial charge in [0.25, 0.3) is 0 Å². The first-order chi connectivity index (χ1) is 17.7. The minimum Gasteiger partial charge on any atom is -0.453 e. The molecule has 5 aromatic rings. The number of hydrogen-bond acceptors (Lipinski definition) is 4. The van der Waals surface area contributed by atoms with E-state index < -0.39 is 0 Å². The number of para-hydroxylation sites is 4. The molecule has 7 rings (SSSR count). The highest BCUT2D eigenvalue weighted by Crippen LogP contribution is 2.51. The molecule has 170 valence electrons. The quantitative estimate of drug-likeness (QED) is 0.195. The minimum atomic E-state index is -0.189. The molecule has 4 nitrogen and oxygen atoms in total. The van der Waals surface area contributed by atoms with E-state index in [4.69, 9.17) is 4.74 Å². The van der Waals surface area contributed by atoms with E-state index >= 15 is 0 Å². The van der Waals surface area contributed by atoms with Crippen LogP contribution in [-0.4, -0.2) is 11.6 Å². The Morgan fingerprint density at radius 1 is 0.611 bits per heavy atom. The van der Waals surface area contributed by atoms with Gasteiger partial charge in [-0.1, -0.05) is 60.7 Å². The van der Waals surface area contributed by atoms with Crippen LogP contribution < -0.4 is 9.64 Å². The molecule has 0 amide bonds. The van der Waals surface area contributed by atoms with Gasteiger partial charge in [-0.25, -0.2) is 0 Å². The molecule has 0 atom stereocenters. The van der Waals surface area contributed by atoms with Gasteiger partial charge in [0.15, 0.2) is 23.1 Å². The second kappa shape index (κ2) is 7.79. The Morgan fingerprint density at radius 3 is 2.08 bits per heavy atom. The molecule has 0 saturated heterocycles. The summed E-state index contributed by atoms with van der Waals surface area (Å²) in [4.78, 5) is 27.5. The number of carbonyl (C=O) groups is 2. The average molecular weight is 466 g/mol. The molecule has 5 aromatic carbocycles. The number of anilines is 3. The van der Waals surface area contributed by atoms with Crippen molar-refractivity contribution in [3.63, 3.8) is 0 Å². The molecule has 0 unspecified atom stereocenters. The van der Waals surface area contributed by atoms with E-state index in [1.807, 2.05) is 72.8 Å². The molecule has 1 heterocycles. The van der Waals surface area contributed by atoms with Crippen molar-refractivity contribution < 1.29 is 14.3 Å². The average Bonchev–Trinajstić information content (AvgIpc) is 2.92. The molecular formula is C32H19NO3. The molecule has 0 fully saturated rings. The molecule has 1 aliphatic heterocycles. The van der Waals surface area contributed by atoms with Crippen molar-refractivity contribution >= 4 is 55.7 Å². The molecule has 0 N–H and O–H groups in total. The fourth-order valence-corrected chi connectivity index (χ4v) is 5.16. The molecule has 0 aromatic heterocycles. The summed E-state index contributed by atoms with van der Waals surface area (Å²) in [6.07, 6.45) is 4.12. The number of nitrogens with zero attached hydrogens (tertiary/aromatic N) is 1. The van der Waals surface area contributed by atoms with Crippen LogP contribution in [0.1, 0.15) is 5.56 Å². The third-order valence-corrected chi connectivity index (χ3v) is 6.78. The Kier molecular flexibility index (Phi) is 4.42. The summed E-state index contributed by atoms with van der Waals surface area (Å²) in [7, 11) is 0. The summed E-state index contributed by atoms with van der Waals surface area (Å²) in [5.74, 6) is 1.14. The van der Waals surface area contributed by atoms with Gasteiger partial charge < -0.3 is 9.64 Å². The van der Waals surface area contributed by atoms with Crippen molar-refractivity contribution in [1.29, 1.82) is 0 Å². The molecule has 2 aliphatic rings. The lowest BCUT2D eigenvalue weighted by atomic mass is 9.89. The van der Waals surface area contributed by atoms with Crippen molar-refractivity contribution in [2.45, 2.75) is 0 Å². The summed E-state index contributed by atoms with van der Waals surface area (Å²) in [6, 6.07) is 32.3. The highest BCUT2D eigenvalue weighted by atomic mass is 16.5. The van der Waals surface area contributed by atoms with Gasteiger partial charge in [0.05, 0.1) is 11.4 Å². The predicted octanol–water partition coefficient (Wildman–Crippen LogP) is 7.66. The Labute approximate surface area is 207 Å². The number of hydrogen-bond donors (Lipinski definition) is 0. The number of carbonyl (C=O) groups excluding carboxylic acids is 2. The molecule has 0 saturated carbocycles. The summed E-state index contributed by atoms with van der Waals surface area (Å²) in [5.41, 5.74) is 3.83. The summed E-state index contributed by atoms with van der Waals surface area (Å²) in [6.45, 7) is 0. The Balaban J connectivity index is 1.58. The zero-order valence-corrected chi connectivity index (χ0v) is 19.1. The van der Waals surface area contributed by atoms with Crippen LogP contribution in [0.5, 0.6) is 11.5 Å². The summed E-state index contributed by atoms with van der Waals surface area (Å²) in [5, 5.41) is 4.13. The second-order valence-corrected chi connectivity index (χ2v) is 8.91. The predicted molar refractivity (Wildman–Crippen MR) is 143 cm³/mol. The van der Waals surface area contributed by atoms with Crippen molar-refractivity contribution in [2.24, 2.45) is 0 Å². The van der Waals surface area contributed by atoms with E-state index in [1.54, 1.807) is 0 Å². The molecule has 0 radical (unpaired) electrons. The summed E-state index contributed by atoms with van der Waals surface area (Å²) < 4.78 is 6.20. The number of benzene rings is 5. The Bertz CT molecular complexity index is 1770. The van der Waals surface area contributed by atoms with Crippen LogP contribution >= 0.6 is 0 Å². The van der Waals surface area contributed by atoms with Gasteiger partial charge in [-0.05, 0) is 81.7 Å². The second-order valence-electron chi connectivity index (χ2n) is 8.91. The van der Waals surface area contributed by atoms with Gasteiger partial charge >= 0.3 is 0 Å². The van der Waals surface area contributed by atoms with Crippen LogP contribution in [0, 0.1) is 0 Å². The maximum Gasteiger partial charge on any atom is 0.186 e. The fraction of sp³-hybridized carbons (Fsp3) is 0. The van der Waals surface area contributed by atoms with Crippen LogP contribution in [0.15, 0.2) is 115 Å². The van der Waals surface area contributed by atoms with Crippen molar-refractivity contribution in [3.05, 3.63) is 121 Å². The zero-order chi connectivity index (χ0) is 24.2.